The Morgan fingerprint density at radius 1 is 1.29 bits per heavy atom. The van der Waals surface area contributed by atoms with Crippen LogP contribution < -0.4 is 5.32 Å². The Kier molecular flexibility index (Phi) is 4.39. The Hall–Kier alpha value is -0.0800. The predicted octanol–water partition coefficient (Wildman–Crippen LogP) is 2.11. The normalized spacial score (nSPS) is 19.5. The second-order valence-corrected chi connectivity index (χ2v) is 5.48. The van der Waals surface area contributed by atoms with Gasteiger partial charge in [-0.15, -0.1) is 0 Å². The number of nitrogens with zero attached hydrogens (tertiary/aromatic N) is 1. The first kappa shape index (κ1) is 12.0. The van der Waals surface area contributed by atoms with E-state index in [4.69, 9.17) is 0 Å². The molecule has 0 aromatic heterocycles. The topological polar surface area (TPSA) is 15.3 Å². The molecule has 0 bridgehead atoms. The van der Waals surface area contributed by atoms with Crippen LogP contribution in [0.2, 0.25) is 0 Å². The van der Waals surface area contributed by atoms with Crippen molar-refractivity contribution in [3.05, 3.63) is 0 Å². The van der Waals surface area contributed by atoms with Gasteiger partial charge in [-0.2, -0.15) is 0 Å². The van der Waals surface area contributed by atoms with Crippen molar-refractivity contribution in [1.82, 2.24) is 10.2 Å². The minimum Gasteiger partial charge on any atom is -0.314 e. The highest BCUT2D eigenvalue weighted by molar-refractivity contribution is 4.80. The third-order valence-corrected chi connectivity index (χ3v) is 3.39. The summed E-state index contributed by atoms with van der Waals surface area (Å²) in [6, 6.07) is 0. The lowest BCUT2D eigenvalue weighted by atomic mass is 10.0. The average Bonchev–Trinajstić information content (AvgIpc) is 2.55. The van der Waals surface area contributed by atoms with Crippen molar-refractivity contribution in [3.63, 3.8) is 0 Å². The predicted molar refractivity (Wildman–Crippen MR) is 62.6 cm³/mol. The standard InChI is InChI=1S/C12H26N2/c1-12(2,13-3)10-14(4)9-11-7-5-6-8-11/h11,13H,5-10H2,1-4H3. The molecule has 0 radical (unpaired) electrons. The average molecular weight is 198 g/mol. The van der Waals surface area contributed by atoms with E-state index in [1.165, 1.54) is 32.2 Å². The highest BCUT2D eigenvalue weighted by Gasteiger charge is 2.21. The molecule has 0 aliphatic heterocycles. The van der Waals surface area contributed by atoms with Crippen molar-refractivity contribution in [1.29, 1.82) is 0 Å². The van der Waals surface area contributed by atoms with Crippen molar-refractivity contribution < 1.29 is 0 Å². The van der Waals surface area contributed by atoms with Crippen molar-refractivity contribution in [3.8, 4) is 0 Å². The fraction of sp³-hybridized carbons (Fsp3) is 1.00. The lowest BCUT2D eigenvalue weighted by Gasteiger charge is -2.31. The van der Waals surface area contributed by atoms with Gasteiger partial charge >= 0.3 is 0 Å². The Morgan fingerprint density at radius 3 is 2.36 bits per heavy atom. The van der Waals surface area contributed by atoms with Gasteiger partial charge in [0, 0.05) is 18.6 Å². The number of hydrogen-bond acceptors (Lipinski definition) is 2. The third-order valence-electron chi connectivity index (χ3n) is 3.39. The summed E-state index contributed by atoms with van der Waals surface area (Å²) < 4.78 is 0. The van der Waals surface area contributed by atoms with Crippen molar-refractivity contribution in [2.24, 2.45) is 5.92 Å². The molecule has 1 rings (SSSR count). The second-order valence-electron chi connectivity index (χ2n) is 5.48. The zero-order chi connectivity index (χ0) is 10.6. The quantitative estimate of drug-likeness (QED) is 0.728. The van der Waals surface area contributed by atoms with Crippen LogP contribution in [0, 0.1) is 5.92 Å². The van der Waals surface area contributed by atoms with Crippen LogP contribution in [0.15, 0.2) is 0 Å². The Bertz CT molecular complexity index is 160. The van der Waals surface area contributed by atoms with Crippen LogP contribution in [0.4, 0.5) is 0 Å². The summed E-state index contributed by atoms with van der Waals surface area (Å²) in [5.74, 6) is 0.965. The molecule has 1 aliphatic carbocycles. The maximum absolute atomic E-state index is 3.36. The fourth-order valence-corrected chi connectivity index (χ4v) is 2.45. The lowest BCUT2D eigenvalue weighted by Crippen LogP contribution is -2.47. The van der Waals surface area contributed by atoms with Crippen LogP contribution >= 0.6 is 0 Å². The first-order chi connectivity index (χ1) is 6.53. The van der Waals surface area contributed by atoms with E-state index in [0.29, 0.717) is 0 Å². The molecule has 0 unspecified atom stereocenters. The number of rotatable bonds is 5. The third kappa shape index (κ3) is 3.97. The van der Waals surface area contributed by atoms with Gasteiger partial charge in [-0.3, -0.25) is 0 Å². The van der Waals surface area contributed by atoms with Crippen LogP contribution in [0.3, 0.4) is 0 Å². The Morgan fingerprint density at radius 2 is 1.86 bits per heavy atom. The molecule has 0 spiro atoms. The molecule has 0 amide bonds. The summed E-state index contributed by atoms with van der Waals surface area (Å²) in [6.45, 7) is 6.95. The molecule has 1 fully saturated rings. The van der Waals surface area contributed by atoms with Gasteiger partial charge in [0.25, 0.3) is 0 Å². The summed E-state index contributed by atoms with van der Waals surface area (Å²) in [4.78, 5) is 2.48. The molecule has 84 valence electrons. The van der Waals surface area contributed by atoms with Gasteiger partial charge in [0.15, 0.2) is 0 Å². The largest absolute Gasteiger partial charge is 0.314 e. The molecular weight excluding hydrogens is 172 g/mol. The van der Waals surface area contributed by atoms with Crippen molar-refractivity contribution >= 4 is 0 Å². The number of hydrogen-bond donors (Lipinski definition) is 1. The molecule has 0 saturated heterocycles. The van der Waals surface area contributed by atoms with E-state index in [2.05, 4.69) is 31.1 Å². The number of likely N-dealkylation sites (N-methyl/N-ethyl adjacent to an activating group) is 2. The molecule has 0 atom stereocenters. The van der Waals surface area contributed by atoms with Gasteiger partial charge in [0.05, 0.1) is 0 Å². The maximum atomic E-state index is 3.36. The SMILES string of the molecule is CNC(C)(C)CN(C)CC1CCCC1. The van der Waals surface area contributed by atoms with E-state index in [-0.39, 0.29) is 5.54 Å². The van der Waals surface area contributed by atoms with Crippen molar-refractivity contribution in [2.45, 2.75) is 45.1 Å². The maximum Gasteiger partial charge on any atom is 0.0249 e. The summed E-state index contributed by atoms with van der Waals surface area (Å²) in [5.41, 5.74) is 0.243. The number of nitrogens with one attached hydrogen (secondary N) is 1. The summed E-state index contributed by atoms with van der Waals surface area (Å²) in [5, 5.41) is 3.36. The molecule has 0 heterocycles. The summed E-state index contributed by atoms with van der Waals surface area (Å²) in [7, 11) is 4.29. The first-order valence-corrected chi connectivity index (χ1v) is 5.91. The highest BCUT2D eigenvalue weighted by Crippen LogP contribution is 2.25. The molecule has 1 saturated carbocycles. The Labute approximate surface area is 89.1 Å². The molecule has 2 heteroatoms. The van der Waals surface area contributed by atoms with Gasteiger partial charge in [-0.25, -0.2) is 0 Å². The van der Waals surface area contributed by atoms with Crippen molar-refractivity contribution in [2.75, 3.05) is 27.2 Å². The monoisotopic (exact) mass is 198 g/mol. The minimum absolute atomic E-state index is 0.243. The van der Waals surface area contributed by atoms with E-state index in [1.807, 2.05) is 7.05 Å². The molecule has 0 aromatic rings. The summed E-state index contributed by atoms with van der Waals surface area (Å²) >= 11 is 0. The van der Waals surface area contributed by atoms with E-state index < -0.39 is 0 Å². The summed E-state index contributed by atoms with van der Waals surface area (Å²) in [6.07, 6.45) is 5.80. The van der Waals surface area contributed by atoms with Crippen LogP contribution in [-0.4, -0.2) is 37.6 Å². The van der Waals surface area contributed by atoms with Crippen LogP contribution in [0.25, 0.3) is 0 Å². The van der Waals surface area contributed by atoms with Gasteiger partial charge in [-0.05, 0) is 46.7 Å². The molecule has 14 heavy (non-hydrogen) atoms. The molecule has 1 aliphatic rings. The minimum atomic E-state index is 0.243. The molecule has 1 N–H and O–H groups in total. The molecule has 0 aromatic carbocycles. The van der Waals surface area contributed by atoms with E-state index in [9.17, 15) is 0 Å². The zero-order valence-corrected chi connectivity index (χ0v) is 10.3. The van der Waals surface area contributed by atoms with E-state index >= 15 is 0 Å². The Balaban J connectivity index is 2.23. The van der Waals surface area contributed by atoms with Gasteiger partial charge < -0.3 is 10.2 Å². The zero-order valence-electron chi connectivity index (χ0n) is 10.3. The highest BCUT2D eigenvalue weighted by atomic mass is 15.1. The lowest BCUT2D eigenvalue weighted by molar-refractivity contribution is 0.215. The van der Waals surface area contributed by atoms with Gasteiger partial charge in [0.2, 0.25) is 0 Å². The van der Waals surface area contributed by atoms with Crippen LogP contribution in [-0.2, 0) is 0 Å². The van der Waals surface area contributed by atoms with E-state index in [1.54, 1.807) is 0 Å². The van der Waals surface area contributed by atoms with Crippen LogP contribution in [0.1, 0.15) is 39.5 Å². The molecule has 2 nitrogen and oxygen atoms in total. The van der Waals surface area contributed by atoms with Gasteiger partial charge in [0.1, 0.15) is 0 Å². The second kappa shape index (κ2) is 5.13. The van der Waals surface area contributed by atoms with Crippen LogP contribution in [0.5, 0.6) is 0 Å². The smallest absolute Gasteiger partial charge is 0.0249 e. The van der Waals surface area contributed by atoms with E-state index in [0.717, 1.165) is 12.5 Å². The molecular formula is C12H26N2. The first-order valence-electron chi connectivity index (χ1n) is 5.91. The van der Waals surface area contributed by atoms with Gasteiger partial charge in [-0.1, -0.05) is 12.8 Å². The fourth-order valence-electron chi connectivity index (χ4n) is 2.45.